The molecule has 3 rings (SSSR count). The molecule has 2 unspecified atom stereocenters. The predicted molar refractivity (Wildman–Crippen MR) is 123 cm³/mol. The number of ether oxygens (including phenoxy) is 1. The lowest BCUT2D eigenvalue weighted by Crippen LogP contribution is -2.39. The Hall–Kier alpha value is -1.02. The highest BCUT2D eigenvalue weighted by molar-refractivity contribution is 14.0. The number of likely N-dealkylation sites (N-methyl/N-ethyl adjacent to an activating group) is 1. The number of hydrogen-bond donors (Lipinski definition) is 1. The maximum Gasteiger partial charge on any atom is 0.193 e. The van der Waals surface area contributed by atoms with Gasteiger partial charge in [0.15, 0.2) is 5.96 Å². The van der Waals surface area contributed by atoms with E-state index >= 15 is 0 Å². The summed E-state index contributed by atoms with van der Waals surface area (Å²) < 4.78 is 5.84. The highest BCUT2D eigenvalue weighted by Gasteiger charge is 2.35. The molecule has 0 bridgehead atoms. The lowest BCUT2D eigenvalue weighted by Gasteiger charge is -2.22. The second-order valence-corrected chi connectivity index (χ2v) is 7.91. The summed E-state index contributed by atoms with van der Waals surface area (Å²) in [6.07, 6.45) is 5.60. The second-order valence-electron chi connectivity index (χ2n) is 7.91. The Balaban J connectivity index is 0.00000261. The van der Waals surface area contributed by atoms with Crippen LogP contribution < -0.4 is 10.1 Å². The lowest BCUT2D eigenvalue weighted by molar-refractivity contribution is 0.261. The van der Waals surface area contributed by atoms with Gasteiger partial charge in [-0.25, -0.2) is 0 Å². The highest BCUT2D eigenvalue weighted by atomic mass is 127. The van der Waals surface area contributed by atoms with Crippen molar-refractivity contribution in [2.75, 3.05) is 47.4 Å². The van der Waals surface area contributed by atoms with E-state index < -0.39 is 0 Å². The van der Waals surface area contributed by atoms with Gasteiger partial charge in [0.25, 0.3) is 0 Å². The van der Waals surface area contributed by atoms with E-state index in [4.69, 9.17) is 4.74 Å². The first-order chi connectivity index (χ1) is 12.7. The molecule has 2 fully saturated rings. The molecule has 0 spiro atoms. The minimum absolute atomic E-state index is 0. The number of guanidine groups is 1. The summed E-state index contributed by atoms with van der Waals surface area (Å²) in [5.74, 6) is 3.72. The first-order valence-corrected chi connectivity index (χ1v) is 9.98. The Morgan fingerprint density at radius 1 is 1.22 bits per heavy atom. The van der Waals surface area contributed by atoms with Crippen LogP contribution in [0.25, 0.3) is 0 Å². The van der Waals surface area contributed by atoms with Gasteiger partial charge in [-0.15, -0.1) is 24.0 Å². The number of rotatable bonds is 6. The molecule has 1 heterocycles. The van der Waals surface area contributed by atoms with Crippen molar-refractivity contribution in [3.05, 3.63) is 29.8 Å². The number of nitrogens with one attached hydrogen (secondary N) is 1. The number of likely N-dealkylation sites (tertiary alicyclic amines) is 1. The average molecular weight is 486 g/mol. The quantitative estimate of drug-likeness (QED) is 0.380. The lowest BCUT2D eigenvalue weighted by atomic mass is 9.82. The third kappa shape index (κ3) is 6.52. The number of hydrogen-bond acceptors (Lipinski definition) is 3. The van der Waals surface area contributed by atoms with Crippen LogP contribution in [0.4, 0.5) is 0 Å². The summed E-state index contributed by atoms with van der Waals surface area (Å²) >= 11 is 0. The Morgan fingerprint density at radius 3 is 2.56 bits per heavy atom. The Morgan fingerprint density at radius 2 is 1.93 bits per heavy atom. The zero-order chi connectivity index (χ0) is 18.4. The summed E-state index contributed by atoms with van der Waals surface area (Å²) in [6, 6.07) is 8.36. The smallest absolute Gasteiger partial charge is 0.193 e. The van der Waals surface area contributed by atoms with Crippen molar-refractivity contribution in [2.45, 2.75) is 32.2 Å². The largest absolute Gasteiger partial charge is 0.492 e. The Bertz CT molecular complexity index is 594. The van der Waals surface area contributed by atoms with Crippen LogP contribution in [0.5, 0.6) is 5.75 Å². The molecule has 1 aromatic carbocycles. The SMILES string of the molecule is CN=C(NCc1cccc(OCCN(C)C)c1)N1CC2CCCCC2C1.I. The summed E-state index contributed by atoms with van der Waals surface area (Å²) in [6.45, 7) is 4.74. The van der Waals surface area contributed by atoms with E-state index in [-0.39, 0.29) is 24.0 Å². The average Bonchev–Trinajstić information content (AvgIpc) is 3.06. The molecule has 1 aliphatic heterocycles. The van der Waals surface area contributed by atoms with Crippen molar-refractivity contribution in [1.82, 2.24) is 15.1 Å². The first-order valence-electron chi connectivity index (χ1n) is 9.98. The van der Waals surface area contributed by atoms with Crippen molar-refractivity contribution in [1.29, 1.82) is 0 Å². The van der Waals surface area contributed by atoms with E-state index in [1.165, 1.54) is 31.2 Å². The van der Waals surface area contributed by atoms with E-state index in [0.717, 1.165) is 49.7 Å². The van der Waals surface area contributed by atoms with Crippen molar-refractivity contribution < 1.29 is 4.74 Å². The van der Waals surface area contributed by atoms with Crippen LogP contribution in [-0.2, 0) is 6.54 Å². The van der Waals surface area contributed by atoms with Crippen molar-refractivity contribution in [2.24, 2.45) is 16.8 Å². The molecule has 2 aliphatic rings. The second kappa shape index (κ2) is 11.1. The van der Waals surface area contributed by atoms with Crippen LogP contribution in [0, 0.1) is 11.8 Å². The molecule has 6 heteroatoms. The monoisotopic (exact) mass is 486 g/mol. The molecule has 1 aromatic rings. The van der Waals surface area contributed by atoms with Gasteiger partial charge in [0.05, 0.1) is 0 Å². The third-order valence-electron chi connectivity index (χ3n) is 5.64. The molecular formula is C21H35IN4O. The summed E-state index contributed by atoms with van der Waals surface area (Å²) in [5.41, 5.74) is 1.23. The van der Waals surface area contributed by atoms with Crippen molar-refractivity contribution in [3.8, 4) is 5.75 Å². The fraction of sp³-hybridized carbons (Fsp3) is 0.667. The van der Waals surface area contributed by atoms with Crippen LogP contribution in [0.2, 0.25) is 0 Å². The van der Waals surface area contributed by atoms with Crippen LogP contribution >= 0.6 is 24.0 Å². The molecule has 1 saturated heterocycles. The molecule has 0 amide bonds. The van der Waals surface area contributed by atoms with Gasteiger partial charge >= 0.3 is 0 Å². The highest BCUT2D eigenvalue weighted by Crippen LogP contribution is 2.35. The molecule has 1 aliphatic carbocycles. The minimum Gasteiger partial charge on any atom is -0.492 e. The number of fused-ring (bicyclic) bond motifs is 1. The predicted octanol–water partition coefficient (Wildman–Crippen LogP) is 3.44. The molecule has 1 N–H and O–H groups in total. The Labute approximate surface area is 181 Å². The van der Waals surface area contributed by atoms with Gasteiger partial charge in [-0.1, -0.05) is 25.0 Å². The van der Waals surface area contributed by atoms with E-state index in [1.807, 2.05) is 13.1 Å². The van der Waals surface area contributed by atoms with E-state index in [9.17, 15) is 0 Å². The van der Waals surface area contributed by atoms with E-state index in [0.29, 0.717) is 6.61 Å². The molecule has 1 saturated carbocycles. The van der Waals surface area contributed by atoms with Crippen LogP contribution in [0.3, 0.4) is 0 Å². The third-order valence-corrected chi connectivity index (χ3v) is 5.64. The van der Waals surface area contributed by atoms with Gasteiger partial charge in [0, 0.05) is 33.2 Å². The van der Waals surface area contributed by atoms with Crippen molar-refractivity contribution in [3.63, 3.8) is 0 Å². The fourth-order valence-electron chi connectivity index (χ4n) is 4.18. The summed E-state index contributed by atoms with van der Waals surface area (Å²) in [5, 5.41) is 3.55. The topological polar surface area (TPSA) is 40.1 Å². The fourth-order valence-corrected chi connectivity index (χ4v) is 4.18. The van der Waals surface area contributed by atoms with Gasteiger partial charge in [-0.3, -0.25) is 4.99 Å². The van der Waals surface area contributed by atoms with Crippen LogP contribution in [0.1, 0.15) is 31.2 Å². The molecule has 152 valence electrons. The molecule has 5 nitrogen and oxygen atoms in total. The van der Waals surface area contributed by atoms with Gasteiger partial charge in [-0.2, -0.15) is 0 Å². The first kappa shape index (κ1) is 22.3. The van der Waals surface area contributed by atoms with Crippen LogP contribution in [-0.4, -0.2) is 63.1 Å². The number of nitrogens with zero attached hydrogens (tertiary/aromatic N) is 3. The van der Waals surface area contributed by atoms with E-state index in [2.05, 4.69) is 52.4 Å². The van der Waals surface area contributed by atoms with Gasteiger partial charge in [0.1, 0.15) is 12.4 Å². The molecule has 0 radical (unpaired) electrons. The van der Waals surface area contributed by atoms with E-state index in [1.54, 1.807) is 0 Å². The number of benzene rings is 1. The number of aliphatic imine (C=N–C) groups is 1. The van der Waals surface area contributed by atoms with Gasteiger partial charge in [0.2, 0.25) is 0 Å². The molecule has 0 aromatic heterocycles. The maximum atomic E-state index is 5.84. The van der Waals surface area contributed by atoms with Gasteiger partial charge in [-0.05, 0) is 56.5 Å². The summed E-state index contributed by atoms with van der Waals surface area (Å²) in [4.78, 5) is 9.11. The Kier molecular flexibility index (Phi) is 9.15. The molecule has 2 atom stereocenters. The maximum absolute atomic E-state index is 5.84. The number of halogens is 1. The van der Waals surface area contributed by atoms with Gasteiger partial charge < -0.3 is 19.9 Å². The molecule has 27 heavy (non-hydrogen) atoms. The van der Waals surface area contributed by atoms with Crippen molar-refractivity contribution >= 4 is 29.9 Å². The zero-order valence-corrected chi connectivity index (χ0v) is 19.3. The summed E-state index contributed by atoms with van der Waals surface area (Å²) in [7, 11) is 6.01. The minimum atomic E-state index is 0. The normalized spacial score (nSPS) is 22.4. The standard InChI is InChI=1S/C21H34N4O.HI/c1-22-21(25-15-18-8-4-5-9-19(18)16-25)23-14-17-7-6-10-20(13-17)26-12-11-24(2)3;/h6-7,10,13,18-19H,4-5,8-9,11-12,14-16H2,1-3H3,(H,22,23);1H. The van der Waals surface area contributed by atoms with Crippen LogP contribution in [0.15, 0.2) is 29.3 Å². The molecular weight excluding hydrogens is 451 g/mol. The zero-order valence-electron chi connectivity index (χ0n) is 17.0.